The number of benzene rings is 1. The largest absolute Gasteiger partial charge is 0.439 e. The first-order chi connectivity index (χ1) is 18.9. The van der Waals surface area contributed by atoms with Crippen LogP contribution in [0.25, 0.3) is 10.2 Å². The summed E-state index contributed by atoms with van der Waals surface area (Å²) in [5.41, 5.74) is 2.26. The topological polar surface area (TPSA) is 126 Å². The van der Waals surface area contributed by atoms with Crippen molar-refractivity contribution in [3.8, 4) is 11.6 Å². The van der Waals surface area contributed by atoms with Crippen LogP contribution in [0.5, 0.6) is 11.6 Å². The molecule has 0 spiro atoms. The maximum Gasteiger partial charge on any atom is 0.331 e. The number of para-hydroxylation sites is 1. The van der Waals surface area contributed by atoms with Crippen LogP contribution in [-0.4, -0.2) is 39.9 Å². The number of aryl methyl sites for hydroxylation is 1. The van der Waals surface area contributed by atoms with Gasteiger partial charge in [-0.1, -0.05) is 18.2 Å². The highest BCUT2D eigenvalue weighted by Gasteiger charge is 2.35. The van der Waals surface area contributed by atoms with Crippen molar-refractivity contribution in [2.45, 2.75) is 45.2 Å². The number of carbonyl (C=O) groups excluding carboxylic acids is 3. The van der Waals surface area contributed by atoms with E-state index in [1.807, 2.05) is 37.3 Å². The molecule has 1 aromatic carbocycles. The summed E-state index contributed by atoms with van der Waals surface area (Å²) in [4.78, 5) is 50.1. The molecule has 39 heavy (non-hydrogen) atoms. The van der Waals surface area contributed by atoms with Crippen LogP contribution in [0, 0.1) is 6.92 Å². The highest BCUT2D eigenvalue weighted by molar-refractivity contribution is 7.21. The molecular formula is C28H26N6O4S. The van der Waals surface area contributed by atoms with Crippen molar-refractivity contribution in [2.75, 3.05) is 10.2 Å². The van der Waals surface area contributed by atoms with Crippen LogP contribution < -0.4 is 25.6 Å². The molecule has 0 radical (unpaired) electrons. The summed E-state index contributed by atoms with van der Waals surface area (Å²) in [5.74, 6) is 0.664. The molecule has 4 amide bonds. The standard InChI is InChI=1S/C28H26N6O4S/c1-15-20(11-12-22(30-15)38-17-7-4-3-5-8-17)34-21-13-14-29-27-23(21)24(33-28(34)37)25(39-27)26(36)32-19-10-6-9-18(19)31-16(2)35/h3-5,7-8,11-14,18-19H,6,9-10H2,1-2H3,(H,31,35)(H,32,36)(H,33,37)/t18?,19-/m1/s1. The maximum atomic E-state index is 13.5. The Bertz CT molecular complexity index is 1600. The Morgan fingerprint density at radius 1 is 1.05 bits per heavy atom. The average Bonchev–Trinajstić information content (AvgIpc) is 3.50. The predicted molar refractivity (Wildman–Crippen MR) is 149 cm³/mol. The molecule has 1 aliphatic carbocycles. The van der Waals surface area contributed by atoms with Crippen molar-refractivity contribution in [3.63, 3.8) is 0 Å². The van der Waals surface area contributed by atoms with E-state index >= 15 is 0 Å². The first-order valence-corrected chi connectivity index (χ1v) is 13.5. The Balaban J connectivity index is 1.31. The molecule has 4 heterocycles. The number of rotatable bonds is 6. The van der Waals surface area contributed by atoms with Gasteiger partial charge in [-0.2, -0.15) is 0 Å². The van der Waals surface area contributed by atoms with Crippen molar-refractivity contribution in [1.82, 2.24) is 20.6 Å². The van der Waals surface area contributed by atoms with Gasteiger partial charge in [0.05, 0.1) is 28.1 Å². The zero-order valence-corrected chi connectivity index (χ0v) is 22.2. The smallest absolute Gasteiger partial charge is 0.331 e. The van der Waals surface area contributed by atoms with Gasteiger partial charge in [0.2, 0.25) is 11.8 Å². The predicted octanol–water partition coefficient (Wildman–Crippen LogP) is 5.26. The summed E-state index contributed by atoms with van der Waals surface area (Å²) in [6, 6.07) is 13.9. The number of aromatic nitrogens is 2. The van der Waals surface area contributed by atoms with Gasteiger partial charge in [-0.25, -0.2) is 14.8 Å². The second kappa shape index (κ2) is 9.99. The van der Waals surface area contributed by atoms with Crippen LogP contribution in [0.15, 0.2) is 54.7 Å². The van der Waals surface area contributed by atoms with Gasteiger partial charge >= 0.3 is 6.03 Å². The fraction of sp³-hybridized carbons (Fsp3) is 0.250. The Hall–Kier alpha value is -4.51. The van der Waals surface area contributed by atoms with Gasteiger partial charge in [0.1, 0.15) is 15.5 Å². The van der Waals surface area contributed by atoms with Gasteiger partial charge < -0.3 is 20.7 Å². The molecule has 3 aromatic heterocycles. The van der Waals surface area contributed by atoms with E-state index < -0.39 is 6.03 Å². The first-order valence-electron chi connectivity index (χ1n) is 12.7. The average molecular weight is 543 g/mol. The Kier molecular flexibility index (Phi) is 6.35. The van der Waals surface area contributed by atoms with Crippen LogP contribution in [0.2, 0.25) is 0 Å². The molecule has 2 atom stereocenters. The lowest BCUT2D eigenvalue weighted by atomic mass is 10.1. The molecule has 10 nitrogen and oxygen atoms in total. The fourth-order valence-electron chi connectivity index (χ4n) is 5.22. The van der Waals surface area contributed by atoms with E-state index in [1.54, 1.807) is 29.3 Å². The Morgan fingerprint density at radius 2 is 1.82 bits per heavy atom. The molecule has 1 fully saturated rings. The summed E-state index contributed by atoms with van der Waals surface area (Å²) < 4.78 is 5.85. The number of nitrogens with one attached hydrogen (secondary N) is 3. The third-order valence-electron chi connectivity index (χ3n) is 6.91. The number of thiophene rings is 1. The molecule has 0 bridgehead atoms. The molecule has 1 aliphatic heterocycles. The van der Waals surface area contributed by atoms with Gasteiger partial charge in [0, 0.05) is 31.3 Å². The first kappa shape index (κ1) is 24.8. The van der Waals surface area contributed by atoms with Gasteiger partial charge in [-0.3, -0.25) is 14.5 Å². The molecule has 2 aliphatic rings. The highest BCUT2D eigenvalue weighted by Crippen LogP contribution is 2.46. The van der Waals surface area contributed by atoms with Crippen molar-refractivity contribution in [2.24, 2.45) is 0 Å². The molecule has 1 saturated carbocycles. The van der Waals surface area contributed by atoms with Gasteiger partial charge in [0.15, 0.2) is 0 Å². The lowest BCUT2D eigenvalue weighted by Gasteiger charge is -2.29. The number of urea groups is 1. The van der Waals surface area contributed by atoms with Crippen LogP contribution in [0.1, 0.15) is 41.6 Å². The molecule has 3 N–H and O–H groups in total. The van der Waals surface area contributed by atoms with Gasteiger partial charge in [0.25, 0.3) is 5.91 Å². The van der Waals surface area contributed by atoms with Gasteiger partial charge in [-0.15, -0.1) is 11.3 Å². The van der Waals surface area contributed by atoms with E-state index in [0.717, 1.165) is 19.3 Å². The van der Waals surface area contributed by atoms with E-state index in [9.17, 15) is 14.4 Å². The fourth-order valence-corrected chi connectivity index (χ4v) is 6.24. The number of pyridine rings is 2. The Morgan fingerprint density at radius 3 is 2.56 bits per heavy atom. The van der Waals surface area contributed by atoms with E-state index in [4.69, 9.17) is 4.74 Å². The van der Waals surface area contributed by atoms with E-state index in [0.29, 0.717) is 49.5 Å². The van der Waals surface area contributed by atoms with Crippen LogP contribution in [-0.2, 0) is 4.79 Å². The molecular weight excluding hydrogens is 516 g/mol. The van der Waals surface area contributed by atoms with Crippen LogP contribution in [0.4, 0.5) is 21.9 Å². The summed E-state index contributed by atoms with van der Waals surface area (Å²) in [7, 11) is 0. The number of amides is 4. The number of carbonyl (C=O) groups is 3. The minimum atomic E-state index is -0.402. The SMILES string of the molecule is CC(=O)NC1CCC[C@H]1NC(=O)c1sc2nccc3c2c1NC(=O)N3c1ccc(Oc2ccccc2)nc1C. The molecule has 198 valence electrons. The number of hydrogen-bond donors (Lipinski definition) is 3. The summed E-state index contributed by atoms with van der Waals surface area (Å²) in [6.45, 7) is 3.29. The summed E-state index contributed by atoms with van der Waals surface area (Å²) in [5, 5.41) is 9.60. The normalized spacial score (nSPS) is 18.1. The van der Waals surface area contributed by atoms with Crippen LogP contribution >= 0.6 is 11.3 Å². The Labute approximate surface area is 228 Å². The summed E-state index contributed by atoms with van der Waals surface area (Å²) >= 11 is 1.23. The van der Waals surface area contributed by atoms with E-state index in [2.05, 4.69) is 25.9 Å². The lowest BCUT2D eigenvalue weighted by Crippen LogP contribution is -2.48. The monoisotopic (exact) mass is 542 g/mol. The van der Waals surface area contributed by atoms with E-state index in [1.165, 1.54) is 18.3 Å². The van der Waals surface area contributed by atoms with Crippen molar-refractivity contribution in [1.29, 1.82) is 0 Å². The second-order valence-electron chi connectivity index (χ2n) is 9.57. The number of ether oxygens (including phenoxy) is 1. The lowest BCUT2D eigenvalue weighted by molar-refractivity contribution is -0.119. The molecule has 4 aromatic rings. The quantitative estimate of drug-likeness (QED) is 0.305. The zero-order valence-electron chi connectivity index (χ0n) is 21.4. The van der Waals surface area contributed by atoms with E-state index in [-0.39, 0.29) is 23.9 Å². The minimum absolute atomic E-state index is 0.111. The molecule has 11 heteroatoms. The summed E-state index contributed by atoms with van der Waals surface area (Å²) in [6.07, 6.45) is 4.13. The number of nitrogens with zero attached hydrogens (tertiary/aromatic N) is 3. The number of hydrogen-bond acceptors (Lipinski definition) is 7. The van der Waals surface area contributed by atoms with Crippen molar-refractivity contribution in [3.05, 3.63) is 65.3 Å². The molecule has 6 rings (SSSR count). The molecule has 1 unspecified atom stereocenters. The maximum absolute atomic E-state index is 13.5. The van der Waals surface area contributed by atoms with Crippen LogP contribution in [0.3, 0.4) is 0 Å². The zero-order chi connectivity index (χ0) is 27.1. The number of anilines is 3. The third-order valence-corrected chi connectivity index (χ3v) is 8.01. The van der Waals surface area contributed by atoms with Crippen molar-refractivity contribution >= 4 is 56.5 Å². The molecule has 0 saturated heterocycles. The highest BCUT2D eigenvalue weighted by atomic mass is 32.1. The minimum Gasteiger partial charge on any atom is -0.439 e. The third kappa shape index (κ3) is 4.65. The van der Waals surface area contributed by atoms with Gasteiger partial charge in [-0.05, 0) is 50.5 Å². The second-order valence-corrected chi connectivity index (χ2v) is 10.6. The van der Waals surface area contributed by atoms with Crippen molar-refractivity contribution < 1.29 is 19.1 Å².